The average molecular weight is 367 g/mol. The van der Waals surface area contributed by atoms with Gasteiger partial charge in [-0.15, -0.1) is 0 Å². The van der Waals surface area contributed by atoms with Gasteiger partial charge in [0.1, 0.15) is 0 Å². The smallest absolute Gasteiger partial charge is 0.339 e. The Morgan fingerprint density at radius 1 is 0.815 bits per heavy atom. The van der Waals surface area contributed by atoms with Crippen molar-refractivity contribution in [3.8, 4) is 0 Å². The van der Waals surface area contributed by atoms with Crippen LogP contribution in [0.5, 0.6) is 0 Å². The van der Waals surface area contributed by atoms with E-state index in [2.05, 4.69) is 14.9 Å². The van der Waals surface area contributed by atoms with Crippen LogP contribution in [0.3, 0.4) is 0 Å². The lowest BCUT2D eigenvalue weighted by Gasteiger charge is -2.25. The highest BCUT2D eigenvalue weighted by Crippen LogP contribution is 2.36. The third kappa shape index (κ3) is 3.30. The molecule has 1 aromatic heterocycles. The first kappa shape index (κ1) is 17.3. The third-order valence-corrected chi connectivity index (χ3v) is 4.51. The van der Waals surface area contributed by atoms with Crippen LogP contribution in [0.2, 0.25) is 0 Å². The van der Waals surface area contributed by atoms with Crippen LogP contribution in [0.1, 0.15) is 16.7 Å². The number of hydrogen-bond donors (Lipinski definition) is 0. The molecule has 27 heavy (non-hydrogen) atoms. The number of fused-ring (bicyclic) bond motifs is 1. The van der Waals surface area contributed by atoms with Gasteiger partial charge in [0, 0.05) is 35.8 Å². The summed E-state index contributed by atoms with van der Waals surface area (Å²) in [6.45, 7) is 0.956. The van der Waals surface area contributed by atoms with E-state index in [1.54, 1.807) is 18.5 Å². The SMILES string of the molecule is FC(F)(F)c1ccccc1C1=NCCN(c2ccncc2)c2ccccc21. The number of aliphatic imine (C=N–C) groups is 1. The topological polar surface area (TPSA) is 28.5 Å². The van der Waals surface area contributed by atoms with Gasteiger partial charge in [-0.3, -0.25) is 9.98 Å². The molecular formula is C21H16F3N3. The van der Waals surface area contributed by atoms with Gasteiger partial charge in [-0.1, -0.05) is 36.4 Å². The van der Waals surface area contributed by atoms with Crippen molar-refractivity contribution in [2.24, 2.45) is 4.99 Å². The van der Waals surface area contributed by atoms with E-state index in [-0.39, 0.29) is 5.56 Å². The number of benzene rings is 2. The number of hydrogen-bond acceptors (Lipinski definition) is 3. The number of pyridine rings is 1. The predicted octanol–water partition coefficient (Wildman–Crippen LogP) is 5.09. The van der Waals surface area contributed by atoms with Gasteiger partial charge < -0.3 is 4.90 Å². The van der Waals surface area contributed by atoms with Crippen LogP contribution in [-0.2, 0) is 6.18 Å². The lowest BCUT2D eigenvalue weighted by Crippen LogP contribution is -2.20. The molecule has 136 valence electrons. The second kappa shape index (κ2) is 6.87. The lowest BCUT2D eigenvalue weighted by atomic mass is 9.95. The van der Waals surface area contributed by atoms with Gasteiger partial charge in [0.15, 0.2) is 0 Å². The molecule has 0 bridgehead atoms. The third-order valence-electron chi connectivity index (χ3n) is 4.51. The molecule has 0 saturated heterocycles. The van der Waals surface area contributed by atoms with Crippen LogP contribution < -0.4 is 4.90 Å². The summed E-state index contributed by atoms with van der Waals surface area (Å²) in [4.78, 5) is 10.6. The number of aromatic nitrogens is 1. The molecule has 0 N–H and O–H groups in total. The van der Waals surface area contributed by atoms with Gasteiger partial charge in [-0.05, 0) is 24.3 Å². The van der Waals surface area contributed by atoms with Crippen molar-refractivity contribution in [3.05, 3.63) is 89.7 Å². The molecule has 0 aliphatic carbocycles. The number of para-hydroxylation sites is 1. The zero-order valence-corrected chi connectivity index (χ0v) is 14.3. The molecule has 3 aromatic rings. The molecule has 1 aliphatic rings. The van der Waals surface area contributed by atoms with Crippen molar-refractivity contribution >= 4 is 17.1 Å². The summed E-state index contributed by atoms with van der Waals surface area (Å²) < 4.78 is 40.7. The highest BCUT2D eigenvalue weighted by atomic mass is 19.4. The Hall–Kier alpha value is -3.15. The van der Waals surface area contributed by atoms with Gasteiger partial charge in [-0.25, -0.2) is 0 Å². The fourth-order valence-electron chi connectivity index (χ4n) is 3.34. The first-order valence-corrected chi connectivity index (χ1v) is 8.54. The largest absolute Gasteiger partial charge is 0.417 e. The molecule has 1 aliphatic heterocycles. The van der Waals surface area contributed by atoms with Crippen LogP contribution in [-0.4, -0.2) is 23.8 Å². The summed E-state index contributed by atoms with van der Waals surface area (Å²) in [6, 6.07) is 16.8. The fraction of sp³-hybridized carbons (Fsp3) is 0.143. The van der Waals surface area contributed by atoms with Crippen LogP contribution in [0.4, 0.5) is 24.5 Å². The Morgan fingerprint density at radius 2 is 1.48 bits per heavy atom. The number of halogens is 3. The van der Waals surface area contributed by atoms with Gasteiger partial charge in [0.25, 0.3) is 0 Å². The first-order chi connectivity index (χ1) is 13.1. The lowest BCUT2D eigenvalue weighted by molar-refractivity contribution is -0.137. The van der Waals surface area contributed by atoms with Crippen molar-refractivity contribution in [1.82, 2.24) is 4.98 Å². The highest BCUT2D eigenvalue weighted by molar-refractivity contribution is 6.17. The summed E-state index contributed by atoms with van der Waals surface area (Å²) >= 11 is 0. The molecule has 2 aromatic carbocycles. The maximum atomic E-state index is 13.6. The average Bonchev–Trinajstić information content (AvgIpc) is 2.88. The number of benzodiazepines with no additional fused rings is 1. The Bertz CT molecular complexity index is 981. The monoisotopic (exact) mass is 367 g/mol. The molecular weight excluding hydrogens is 351 g/mol. The molecule has 0 unspecified atom stereocenters. The number of alkyl halides is 3. The van der Waals surface area contributed by atoms with Crippen molar-refractivity contribution in [2.45, 2.75) is 6.18 Å². The Kier molecular flexibility index (Phi) is 4.39. The molecule has 4 rings (SSSR count). The molecule has 0 atom stereocenters. The number of rotatable bonds is 2. The van der Waals surface area contributed by atoms with E-state index in [0.29, 0.717) is 24.4 Å². The molecule has 0 fully saturated rings. The second-order valence-electron chi connectivity index (χ2n) is 6.15. The minimum absolute atomic E-state index is 0.106. The second-order valence-corrected chi connectivity index (χ2v) is 6.15. The maximum Gasteiger partial charge on any atom is 0.417 e. The van der Waals surface area contributed by atoms with Crippen LogP contribution in [0.15, 0.2) is 78.0 Å². The minimum atomic E-state index is -4.44. The molecule has 0 spiro atoms. The minimum Gasteiger partial charge on any atom is -0.339 e. The van der Waals surface area contributed by atoms with Crippen molar-refractivity contribution in [2.75, 3.05) is 18.0 Å². The van der Waals surface area contributed by atoms with Crippen LogP contribution >= 0.6 is 0 Å². The quantitative estimate of drug-likeness (QED) is 0.631. The summed E-state index contributed by atoms with van der Waals surface area (Å²) in [7, 11) is 0. The summed E-state index contributed by atoms with van der Waals surface area (Å²) in [6.07, 6.45) is -1.04. The molecule has 6 heteroatoms. The Labute approximate surface area is 154 Å². The van der Waals surface area contributed by atoms with Crippen LogP contribution in [0.25, 0.3) is 0 Å². The van der Waals surface area contributed by atoms with Crippen molar-refractivity contribution < 1.29 is 13.2 Å². The first-order valence-electron chi connectivity index (χ1n) is 8.54. The number of nitrogens with zero attached hydrogens (tertiary/aromatic N) is 3. The normalized spacial score (nSPS) is 14.3. The summed E-state index contributed by atoms with van der Waals surface area (Å²) in [5.74, 6) is 0. The summed E-state index contributed by atoms with van der Waals surface area (Å²) in [5, 5.41) is 0. The standard InChI is InChI=1S/C21H16F3N3/c22-21(23,24)18-7-3-1-5-16(18)20-17-6-2-4-8-19(17)27(14-13-26-20)15-9-11-25-12-10-15/h1-12H,13-14H2. The van der Waals surface area contributed by atoms with Crippen molar-refractivity contribution in [1.29, 1.82) is 0 Å². The zero-order chi connectivity index (χ0) is 18.9. The molecule has 0 amide bonds. The molecule has 3 nitrogen and oxygen atoms in total. The van der Waals surface area contributed by atoms with E-state index in [0.717, 1.165) is 17.4 Å². The van der Waals surface area contributed by atoms with Gasteiger partial charge in [0.2, 0.25) is 0 Å². The van der Waals surface area contributed by atoms with E-state index in [4.69, 9.17) is 0 Å². The van der Waals surface area contributed by atoms with E-state index >= 15 is 0 Å². The van der Waals surface area contributed by atoms with Crippen LogP contribution in [0, 0.1) is 0 Å². The number of anilines is 2. The summed E-state index contributed by atoms with van der Waals surface area (Å²) in [5.41, 5.74) is 2.25. The van der Waals surface area contributed by atoms with Gasteiger partial charge >= 0.3 is 6.18 Å². The molecule has 2 heterocycles. The van der Waals surface area contributed by atoms with E-state index < -0.39 is 11.7 Å². The van der Waals surface area contributed by atoms with Gasteiger partial charge in [0.05, 0.1) is 23.5 Å². The predicted molar refractivity (Wildman–Crippen MR) is 99.6 cm³/mol. The Balaban J connectivity index is 1.88. The van der Waals surface area contributed by atoms with E-state index in [1.807, 2.05) is 36.4 Å². The maximum absolute atomic E-state index is 13.6. The zero-order valence-electron chi connectivity index (χ0n) is 14.3. The van der Waals surface area contributed by atoms with E-state index in [9.17, 15) is 13.2 Å². The molecule has 0 radical (unpaired) electrons. The fourth-order valence-corrected chi connectivity index (χ4v) is 3.34. The molecule has 0 saturated carbocycles. The Morgan fingerprint density at radius 3 is 2.22 bits per heavy atom. The highest BCUT2D eigenvalue weighted by Gasteiger charge is 2.35. The van der Waals surface area contributed by atoms with Gasteiger partial charge in [-0.2, -0.15) is 13.2 Å². The van der Waals surface area contributed by atoms with Crippen molar-refractivity contribution in [3.63, 3.8) is 0 Å². The van der Waals surface area contributed by atoms with E-state index in [1.165, 1.54) is 12.1 Å².